The summed E-state index contributed by atoms with van der Waals surface area (Å²) in [6, 6.07) is 7.31. The van der Waals surface area contributed by atoms with E-state index in [4.69, 9.17) is 5.73 Å². The van der Waals surface area contributed by atoms with Gasteiger partial charge >= 0.3 is 0 Å². The molecular formula is C10H11N3O. The molecule has 2 aromatic rings. The minimum absolute atomic E-state index is 0.376. The third kappa shape index (κ3) is 1.25. The van der Waals surface area contributed by atoms with Crippen molar-refractivity contribution in [2.75, 3.05) is 0 Å². The summed E-state index contributed by atoms with van der Waals surface area (Å²) in [5.74, 6) is -0.376. The fourth-order valence-corrected chi connectivity index (χ4v) is 1.42. The maximum atomic E-state index is 11.0. The molecule has 0 saturated carbocycles. The highest BCUT2D eigenvalue weighted by atomic mass is 16.1. The fraction of sp³-hybridized carbons (Fsp3) is 0.200. The van der Waals surface area contributed by atoms with Crippen LogP contribution in [0.3, 0.4) is 0 Å². The highest BCUT2D eigenvalue weighted by molar-refractivity contribution is 5.83. The van der Waals surface area contributed by atoms with Gasteiger partial charge in [-0.25, -0.2) is 0 Å². The van der Waals surface area contributed by atoms with Crippen LogP contribution in [-0.4, -0.2) is 15.7 Å². The Bertz CT molecular complexity index is 475. The van der Waals surface area contributed by atoms with E-state index in [-0.39, 0.29) is 5.91 Å². The largest absolute Gasteiger partial charge is 0.368 e. The monoisotopic (exact) mass is 189 g/mol. The van der Waals surface area contributed by atoms with E-state index in [0.29, 0.717) is 0 Å². The number of hydrogen-bond acceptors (Lipinski definition) is 2. The highest BCUT2D eigenvalue weighted by Gasteiger charge is 2.13. The Morgan fingerprint density at radius 3 is 2.93 bits per heavy atom. The first-order valence-electron chi connectivity index (χ1n) is 4.41. The topological polar surface area (TPSA) is 60.9 Å². The van der Waals surface area contributed by atoms with E-state index in [2.05, 4.69) is 5.10 Å². The first-order valence-corrected chi connectivity index (χ1v) is 4.41. The second-order valence-electron chi connectivity index (χ2n) is 3.23. The van der Waals surface area contributed by atoms with Crippen LogP contribution in [-0.2, 0) is 4.79 Å². The van der Waals surface area contributed by atoms with Crippen molar-refractivity contribution in [3.63, 3.8) is 0 Å². The van der Waals surface area contributed by atoms with E-state index in [1.807, 2.05) is 24.3 Å². The summed E-state index contributed by atoms with van der Waals surface area (Å²) in [5, 5.41) is 5.15. The van der Waals surface area contributed by atoms with E-state index in [9.17, 15) is 4.79 Å². The van der Waals surface area contributed by atoms with Crippen molar-refractivity contribution in [1.29, 1.82) is 0 Å². The molecule has 14 heavy (non-hydrogen) atoms. The molecule has 0 saturated heterocycles. The summed E-state index contributed by atoms with van der Waals surface area (Å²) in [7, 11) is 0. The van der Waals surface area contributed by atoms with Crippen LogP contribution in [0, 0.1) is 0 Å². The van der Waals surface area contributed by atoms with Crippen LogP contribution < -0.4 is 5.73 Å². The number of carbonyl (C=O) groups is 1. The Morgan fingerprint density at radius 2 is 2.21 bits per heavy atom. The van der Waals surface area contributed by atoms with Crippen molar-refractivity contribution in [1.82, 2.24) is 9.78 Å². The van der Waals surface area contributed by atoms with Gasteiger partial charge in [0, 0.05) is 5.39 Å². The molecule has 4 heteroatoms. The molecule has 1 heterocycles. The molecule has 0 aliphatic rings. The Labute approximate surface area is 81.3 Å². The van der Waals surface area contributed by atoms with E-state index < -0.39 is 6.04 Å². The zero-order valence-electron chi connectivity index (χ0n) is 7.84. The molecule has 2 N–H and O–H groups in total. The predicted molar refractivity (Wildman–Crippen MR) is 53.6 cm³/mol. The predicted octanol–water partition coefficient (Wildman–Crippen LogP) is 1.08. The van der Waals surface area contributed by atoms with Crippen LogP contribution in [0.25, 0.3) is 10.9 Å². The molecule has 0 aliphatic carbocycles. The second kappa shape index (κ2) is 3.14. The minimum atomic E-state index is -0.408. The van der Waals surface area contributed by atoms with Crippen LogP contribution in [0.1, 0.15) is 13.0 Å². The minimum Gasteiger partial charge on any atom is -0.368 e. The summed E-state index contributed by atoms with van der Waals surface area (Å²) in [4.78, 5) is 11.0. The molecule has 0 fully saturated rings. The van der Waals surface area contributed by atoms with Gasteiger partial charge in [-0.3, -0.25) is 9.48 Å². The first kappa shape index (κ1) is 8.74. The van der Waals surface area contributed by atoms with Crippen LogP contribution in [0.15, 0.2) is 30.5 Å². The Balaban J connectivity index is 2.58. The smallest absolute Gasteiger partial charge is 0.242 e. The zero-order chi connectivity index (χ0) is 10.1. The number of amides is 1. The number of nitrogens with zero attached hydrogens (tertiary/aromatic N) is 2. The third-order valence-corrected chi connectivity index (χ3v) is 2.28. The number of fused-ring (bicyclic) bond motifs is 1. The highest BCUT2D eigenvalue weighted by Crippen LogP contribution is 2.16. The summed E-state index contributed by atoms with van der Waals surface area (Å²) in [5.41, 5.74) is 6.15. The maximum absolute atomic E-state index is 11.0. The van der Waals surface area contributed by atoms with E-state index in [0.717, 1.165) is 10.9 Å². The van der Waals surface area contributed by atoms with Gasteiger partial charge in [-0.2, -0.15) is 5.10 Å². The molecule has 1 atom stereocenters. The maximum Gasteiger partial charge on any atom is 0.242 e. The van der Waals surface area contributed by atoms with Crippen LogP contribution >= 0.6 is 0 Å². The van der Waals surface area contributed by atoms with E-state index in [1.54, 1.807) is 17.8 Å². The van der Waals surface area contributed by atoms with Gasteiger partial charge in [0.25, 0.3) is 0 Å². The summed E-state index contributed by atoms with van der Waals surface area (Å²) in [6.45, 7) is 1.74. The molecule has 1 aromatic heterocycles. The van der Waals surface area contributed by atoms with Crippen molar-refractivity contribution in [2.24, 2.45) is 5.73 Å². The van der Waals surface area contributed by atoms with Gasteiger partial charge < -0.3 is 5.73 Å². The molecule has 2 rings (SSSR count). The van der Waals surface area contributed by atoms with Crippen molar-refractivity contribution < 1.29 is 4.79 Å². The number of carbonyl (C=O) groups excluding carboxylic acids is 1. The van der Waals surface area contributed by atoms with Crippen molar-refractivity contribution in [3.8, 4) is 0 Å². The first-order chi connectivity index (χ1) is 6.70. The van der Waals surface area contributed by atoms with Gasteiger partial charge in [0.1, 0.15) is 6.04 Å². The summed E-state index contributed by atoms with van der Waals surface area (Å²) >= 11 is 0. The van der Waals surface area contributed by atoms with Crippen molar-refractivity contribution >= 4 is 16.8 Å². The normalized spacial score (nSPS) is 12.9. The SMILES string of the molecule is CC(C(N)=O)n1ncc2ccccc21. The lowest BCUT2D eigenvalue weighted by atomic mass is 10.2. The lowest BCUT2D eigenvalue weighted by Gasteiger charge is -2.08. The Morgan fingerprint density at radius 1 is 1.50 bits per heavy atom. The molecule has 72 valence electrons. The van der Waals surface area contributed by atoms with Crippen molar-refractivity contribution in [3.05, 3.63) is 30.5 Å². The molecule has 1 amide bonds. The van der Waals surface area contributed by atoms with Gasteiger partial charge in [0.15, 0.2) is 0 Å². The quantitative estimate of drug-likeness (QED) is 0.768. The number of para-hydroxylation sites is 1. The molecule has 1 unspecified atom stereocenters. The summed E-state index contributed by atoms with van der Waals surface area (Å²) in [6.07, 6.45) is 1.73. The molecule has 0 aliphatic heterocycles. The molecule has 1 aromatic carbocycles. The molecule has 4 nitrogen and oxygen atoms in total. The third-order valence-electron chi connectivity index (χ3n) is 2.28. The van der Waals surface area contributed by atoms with E-state index in [1.165, 1.54) is 0 Å². The second-order valence-corrected chi connectivity index (χ2v) is 3.23. The van der Waals surface area contributed by atoms with Gasteiger partial charge in [-0.15, -0.1) is 0 Å². The number of rotatable bonds is 2. The summed E-state index contributed by atoms with van der Waals surface area (Å²) < 4.78 is 1.64. The average Bonchev–Trinajstić information content (AvgIpc) is 2.60. The lowest BCUT2D eigenvalue weighted by molar-refractivity contribution is -0.120. The fourth-order valence-electron chi connectivity index (χ4n) is 1.42. The number of primary amides is 1. The number of aromatic nitrogens is 2. The standard InChI is InChI=1S/C10H11N3O/c1-7(10(11)14)13-9-5-3-2-4-8(9)6-12-13/h2-7H,1H3,(H2,11,14). The lowest BCUT2D eigenvalue weighted by Crippen LogP contribution is -2.24. The van der Waals surface area contributed by atoms with Crippen LogP contribution in [0.2, 0.25) is 0 Å². The van der Waals surface area contributed by atoms with Crippen LogP contribution in [0.5, 0.6) is 0 Å². The Hall–Kier alpha value is -1.84. The van der Waals surface area contributed by atoms with Gasteiger partial charge in [0.05, 0.1) is 11.7 Å². The van der Waals surface area contributed by atoms with Gasteiger partial charge in [0.2, 0.25) is 5.91 Å². The molecule has 0 radical (unpaired) electrons. The van der Waals surface area contributed by atoms with Crippen LogP contribution in [0.4, 0.5) is 0 Å². The van der Waals surface area contributed by atoms with Crippen molar-refractivity contribution in [2.45, 2.75) is 13.0 Å². The molecule has 0 bridgehead atoms. The number of hydrogen-bond donors (Lipinski definition) is 1. The Kier molecular flexibility index (Phi) is 1.96. The number of nitrogens with two attached hydrogens (primary N) is 1. The molecular weight excluding hydrogens is 178 g/mol. The average molecular weight is 189 g/mol. The molecule has 0 spiro atoms. The zero-order valence-corrected chi connectivity index (χ0v) is 7.84. The number of benzene rings is 1. The van der Waals surface area contributed by atoms with Gasteiger partial charge in [-0.1, -0.05) is 18.2 Å². The van der Waals surface area contributed by atoms with Gasteiger partial charge in [-0.05, 0) is 13.0 Å². The van der Waals surface area contributed by atoms with E-state index >= 15 is 0 Å².